The molecule has 2 heterocycles. The quantitative estimate of drug-likeness (QED) is 0.439. The number of aromatic nitrogens is 4. The van der Waals surface area contributed by atoms with E-state index in [1.807, 2.05) is 0 Å². The van der Waals surface area contributed by atoms with E-state index in [-0.39, 0.29) is 21.4 Å². The van der Waals surface area contributed by atoms with Crippen molar-refractivity contribution in [2.45, 2.75) is 10.1 Å². The van der Waals surface area contributed by atoms with Crippen LogP contribution in [0.2, 0.25) is 0 Å². The van der Waals surface area contributed by atoms with E-state index < -0.39 is 9.85 Å². The molecule has 0 radical (unpaired) electrons. The van der Waals surface area contributed by atoms with Gasteiger partial charge in [0, 0.05) is 6.07 Å². The minimum Gasteiger partial charge on any atom is -0.342 e. The molecule has 1 N–H and O–H groups in total. The lowest BCUT2D eigenvalue weighted by molar-refractivity contribution is -0.396. The maximum atomic E-state index is 11.1. The van der Waals surface area contributed by atoms with Gasteiger partial charge in [0.15, 0.2) is 10.8 Å². The normalized spacial score (nSPS) is 10.7. The van der Waals surface area contributed by atoms with Gasteiger partial charge in [-0.1, -0.05) is 0 Å². The van der Waals surface area contributed by atoms with Gasteiger partial charge < -0.3 is 4.98 Å². The highest BCUT2D eigenvalue weighted by atomic mass is 32.2. The highest BCUT2D eigenvalue weighted by molar-refractivity contribution is 7.99. The second-order valence-corrected chi connectivity index (χ2v) is 5.07. The zero-order valence-electron chi connectivity index (χ0n) is 10.7. The van der Waals surface area contributed by atoms with E-state index in [2.05, 4.69) is 19.9 Å². The zero-order valence-corrected chi connectivity index (χ0v) is 11.5. The van der Waals surface area contributed by atoms with E-state index in [1.54, 1.807) is 0 Å². The van der Waals surface area contributed by atoms with Crippen molar-refractivity contribution in [1.82, 2.24) is 19.9 Å². The second kappa shape index (κ2) is 5.37. The molecule has 0 saturated heterocycles. The Labute approximate surface area is 125 Å². The van der Waals surface area contributed by atoms with Crippen molar-refractivity contribution in [3.63, 3.8) is 0 Å². The lowest BCUT2D eigenvalue weighted by atomic mass is 10.3. The van der Waals surface area contributed by atoms with Crippen LogP contribution < -0.4 is 0 Å². The molecule has 0 aliphatic rings. The first-order valence-corrected chi connectivity index (χ1v) is 6.63. The van der Waals surface area contributed by atoms with Crippen molar-refractivity contribution in [1.29, 1.82) is 0 Å². The molecule has 3 aromatic rings. The number of benzene rings is 1. The molecule has 22 heavy (non-hydrogen) atoms. The molecular weight excluding hydrogens is 312 g/mol. The minimum atomic E-state index is -0.687. The summed E-state index contributed by atoms with van der Waals surface area (Å²) in [5, 5.41) is 22.0. The lowest BCUT2D eigenvalue weighted by Crippen LogP contribution is -1.95. The van der Waals surface area contributed by atoms with Gasteiger partial charge in [0.2, 0.25) is 0 Å². The van der Waals surface area contributed by atoms with Crippen LogP contribution in [0.1, 0.15) is 0 Å². The van der Waals surface area contributed by atoms with Gasteiger partial charge in [0.25, 0.3) is 11.4 Å². The topological polar surface area (TPSA) is 141 Å². The molecule has 1 aromatic carbocycles. The predicted octanol–water partition coefficient (Wildman–Crippen LogP) is 2.32. The molecule has 11 heteroatoms. The van der Waals surface area contributed by atoms with Crippen molar-refractivity contribution in [3.05, 3.63) is 51.0 Å². The summed E-state index contributed by atoms with van der Waals surface area (Å²) in [5.41, 5.74) is 0.356. The van der Waals surface area contributed by atoms with Gasteiger partial charge in [-0.25, -0.2) is 15.0 Å². The Hall–Kier alpha value is -3.08. The number of H-pyrrole nitrogens is 1. The van der Waals surface area contributed by atoms with Crippen LogP contribution in [0, 0.1) is 20.2 Å². The molecule has 0 fully saturated rings. The SMILES string of the molecule is O=[N+]([O-])c1ccc(Sc2ncc3[nH]cnc3n2)c([N+](=O)[O-])c1. The van der Waals surface area contributed by atoms with Gasteiger partial charge in [-0.3, -0.25) is 20.2 Å². The first-order chi connectivity index (χ1) is 10.5. The fraction of sp³-hybridized carbons (Fsp3) is 0. The van der Waals surface area contributed by atoms with Gasteiger partial charge >= 0.3 is 0 Å². The van der Waals surface area contributed by atoms with Crippen LogP contribution in [-0.2, 0) is 0 Å². The Morgan fingerprint density at radius 1 is 1.14 bits per heavy atom. The number of fused-ring (bicyclic) bond motifs is 1. The van der Waals surface area contributed by atoms with Crippen LogP contribution in [0.5, 0.6) is 0 Å². The van der Waals surface area contributed by atoms with Gasteiger partial charge in [-0.05, 0) is 17.8 Å². The summed E-state index contributed by atoms with van der Waals surface area (Å²) < 4.78 is 0. The lowest BCUT2D eigenvalue weighted by Gasteiger charge is -2.01. The summed E-state index contributed by atoms with van der Waals surface area (Å²) >= 11 is 0.941. The van der Waals surface area contributed by atoms with E-state index >= 15 is 0 Å². The molecule has 10 nitrogen and oxygen atoms in total. The average Bonchev–Trinajstić information content (AvgIpc) is 2.94. The molecule has 2 aromatic heterocycles. The highest BCUT2D eigenvalue weighted by Crippen LogP contribution is 2.35. The summed E-state index contributed by atoms with van der Waals surface area (Å²) in [4.78, 5) is 35.6. The summed E-state index contributed by atoms with van der Waals surface area (Å²) in [6.45, 7) is 0. The molecule has 0 aliphatic heterocycles. The number of nitro groups is 2. The van der Waals surface area contributed by atoms with Gasteiger partial charge in [-0.2, -0.15) is 0 Å². The van der Waals surface area contributed by atoms with E-state index in [0.29, 0.717) is 11.2 Å². The number of nitro benzene ring substituents is 2. The fourth-order valence-corrected chi connectivity index (χ4v) is 2.52. The number of imidazole rings is 1. The van der Waals surface area contributed by atoms with Crippen LogP contribution in [-0.4, -0.2) is 29.8 Å². The molecule has 3 rings (SSSR count). The highest BCUT2D eigenvalue weighted by Gasteiger charge is 2.21. The maximum absolute atomic E-state index is 11.1. The monoisotopic (exact) mass is 318 g/mol. The van der Waals surface area contributed by atoms with Crippen molar-refractivity contribution >= 4 is 34.3 Å². The van der Waals surface area contributed by atoms with Crippen LogP contribution in [0.4, 0.5) is 11.4 Å². The zero-order chi connectivity index (χ0) is 15.7. The Kier molecular flexibility index (Phi) is 3.39. The molecule has 0 unspecified atom stereocenters. The van der Waals surface area contributed by atoms with E-state index in [0.717, 1.165) is 17.8 Å². The summed E-state index contributed by atoms with van der Waals surface area (Å²) in [6, 6.07) is 3.41. The standard InChI is InChI=1S/C11H6N6O4S/c18-16(19)6-1-2-9(8(3-6)17(20)21)22-11-12-4-7-10(15-11)14-5-13-7/h1-5H,(H,12,13,14,15). The molecular formula is C11H6N6O4S. The van der Waals surface area contributed by atoms with Crippen LogP contribution in [0.3, 0.4) is 0 Å². The fourth-order valence-electron chi connectivity index (χ4n) is 1.72. The molecule has 0 amide bonds. The number of nitrogens with zero attached hydrogens (tertiary/aromatic N) is 5. The molecule has 0 spiro atoms. The number of aromatic amines is 1. The van der Waals surface area contributed by atoms with Crippen LogP contribution >= 0.6 is 11.8 Å². The van der Waals surface area contributed by atoms with E-state index in [9.17, 15) is 20.2 Å². The molecule has 0 bridgehead atoms. The number of nitrogens with one attached hydrogen (secondary N) is 1. The van der Waals surface area contributed by atoms with Gasteiger partial charge in [0.05, 0.1) is 33.3 Å². The number of hydrogen-bond donors (Lipinski definition) is 1. The Bertz CT molecular complexity index is 895. The van der Waals surface area contributed by atoms with E-state index in [1.165, 1.54) is 24.7 Å². The molecule has 110 valence electrons. The summed E-state index contributed by atoms with van der Waals surface area (Å²) in [5.74, 6) is 0. The van der Waals surface area contributed by atoms with Crippen molar-refractivity contribution in [2.24, 2.45) is 0 Å². The Balaban J connectivity index is 2.00. The second-order valence-electron chi connectivity index (χ2n) is 4.06. The van der Waals surface area contributed by atoms with Crippen molar-refractivity contribution in [3.8, 4) is 0 Å². The minimum absolute atomic E-state index is 0.213. The first-order valence-electron chi connectivity index (χ1n) is 5.81. The van der Waals surface area contributed by atoms with Gasteiger partial charge in [-0.15, -0.1) is 0 Å². The van der Waals surface area contributed by atoms with Crippen molar-refractivity contribution < 1.29 is 9.85 Å². The van der Waals surface area contributed by atoms with Crippen molar-refractivity contribution in [2.75, 3.05) is 0 Å². The average molecular weight is 318 g/mol. The molecule has 0 saturated carbocycles. The number of hydrogen-bond acceptors (Lipinski definition) is 8. The summed E-state index contributed by atoms with van der Waals surface area (Å²) in [6.07, 6.45) is 2.97. The molecule has 0 aliphatic carbocycles. The predicted molar refractivity (Wildman–Crippen MR) is 75.6 cm³/mol. The third kappa shape index (κ3) is 2.56. The Morgan fingerprint density at radius 2 is 1.95 bits per heavy atom. The third-order valence-corrected chi connectivity index (χ3v) is 3.65. The molecule has 0 atom stereocenters. The third-order valence-electron chi connectivity index (χ3n) is 2.70. The Morgan fingerprint density at radius 3 is 2.68 bits per heavy atom. The smallest absolute Gasteiger partial charge is 0.290 e. The maximum Gasteiger partial charge on any atom is 0.290 e. The first kappa shape index (κ1) is 13.9. The largest absolute Gasteiger partial charge is 0.342 e. The number of non-ortho nitro benzene ring substituents is 1. The number of rotatable bonds is 4. The van der Waals surface area contributed by atoms with Crippen LogP contribution in [0.15, 0.2) is 40.8 Å². The van der Waals surface area contributed by atoms with E-state index in [4.69, 9.17) is 0 Å². The summed E-state index contributed by atoms with van der Waals surface area (Å²) in [7, 11) is 0. The van der Waals surface area contributed by atoms with Gasteiger partial charge in [0.1, 0.15) is 5.52 Å². The van der Waals surface area contributed by atoms with Crippen LogP contribution in [0.25, 0.3) is 11.2 Å².